The molecule has 0 bridgehead atoms. The Bertz CT molecular complexity index is 1240. The Morgan fingerprint density at radius 2 is 1.82 bits per heavy atom. The first-order valence-electron chi connectivity index (χ1n) is 11.2. The van der Waals surface area contributed by atoms with Crippen LogP contribution in [0.3, 0.4) is 0 Å². The van der Waals surface area contributed by atoms with E-state index in [2.05, 4.69) is 10.6 Å². The van der Waals surface area contributed by atoms with Crippen molar-refractivity contribution in [2.45, 2.75) is 52.0 Å². The fourth-order valence-electron chi connectivity index (χ4n) is 4.07. The number of ether oxygens (including phenoxy) is 2. The van der Waals surface area contributed by atoms with E-state index in [4.69, 9.17) is 9.47 Å². The molecule has 1 unspecified atom stereocenters. The van der Waals surface area contributed by atoms with Gasteiger partial charge in [0.05, 0.1) is 18.2 Å². The maximum absolute atomic E-state index is 13.0. The molecule has 2 N–H and O–H groups in total. The minimum Gasteiger partial charge on any atom is -0.465 e. The molecule has 1 aliphatic heterocycles. The van der Waals surface area contributed by atoms with Crippen LogP contribution in [0.15, 0.2) is 48.7 Å². The van der Waals surface area contributed by atoms with Crippen molar-refractivity contribution in [3.05, 3.63) is 70.9 Å². The average Bonchev–Trinajstić information content (AvgIpc) is 3.12. The fourth-order valence-corrected chi connectivity index (χ4v) is 4.07. The number of rotatable bonds is 5. The number of aromatic nitrogens is 1. The summed E-state index contributed by atoms with van der Waals surface area (Å²) in [5, 5.41) is 7.07. The summed E-state index contributed by atoms with van der Waals surface area (Å²) in [7, 11) is 1.34. The zero-order chi connectivity index (χ0) is 24.5. The predicted octanol–water partition coefficient (Wildman–Crippen LogP) is 3.17. The van der Waals surface area contributed by atoms with E-state index in [1.54, 1.807) is 24.3 Å². The molecular formula is C26H29N3O5. The standard InChI is InChI=1S/C26H29N3O5/c1-26(2,3)34-25(32)21-15-29-12-11-19-20(10-9-18(14-27-21)22(19)29)23(30)28-13-16-5-7-17(8-6-16)24(31)33-4/h5-12,21,27H,13-15H2,1-4H3,(H,28,30). The summed E-state index contributed by atoms with van der Waals surface area (Å²) in [5.41, 5.74) is 3.29. The van der Waals surface area contributed by atoms with Gasteiger partial charge in [0.2, 0.25) is 0 Å². The lowest BCUT2D eigenvalue weighted by atomic mass is 10.0. The van der Waals surface area contributed by atoms with Crippen molar-refractivity contribution < 1.29 is 23.9 Å². The molecule has 2 heterocycles. The molecule has 1 aromatic heterocycles. The largest absolute Gasteiger partial charge is 0.465 e. The van der Waals surface area contributed by atoms with Gasteiger partial charge in [-0.25, -0.2) is 4.79 Å². The Hall–Kier alpha value is -3.65. The average molecular weight is 464 g/mol. The zero-order valence-electron chi connectivity index (χ0n) is 19.8. The second-order valence-corrected chi connectivity index (χ2v) is 9.34. The van der Waals surface area contributed by atoms with Crippen molar-refractivity contribution in [2.24, 2.45) is 0 Å². The molecule has 4 rings (SSSR count). The molecular weight excluding hydrogens is 434 g/mol. The highest BCUT2D eigenvalue weighted by molar-refractivity contribution is 6.07. The van der Waals surface area contributed by atoms with Gasteiger partial charge in [0, 0.05) is 36.8 Å². The van der Waals surface area contributed by atoms with Gasteiger partial charge in [0.25, 0.3) is 5.91 Å². The molecule has 1 amide bonds. The van der Waals surface area contributed by atoms with Crippen LogP contribution in [0.4, 0.5) is 0 Å². The van der Waals surface area contributed by atoms with Crippen LogP contribution in [0, 0.1) is 0 Å². The summed E-state index contributed by atoms with van der Waals surface area (Å²) in [6.45, 7) is 6.79. The SMILES string of the molecule is COC(=O)c1ccc(CNC(=O)c2ccc3c4c2ccn4CC(C(=O)OC(C)(C)C)NC3)cc1. The topological polar surface area (TPSA) is 98.7 Å². The number of methoxy groups -OCH3 is 1. The molecule has 1 atom stereocenters. The first-order chi connectivity index (χ1) is 16.2. The molecule has 0 spiro atoms. The molecule has 3 aromatic rings. The second kappa shape index (κ2) is 9.30. The fraction of sp³-hybridized carbons (Fsp3) is 0.346. The molecule has 0 fully saturated rings. The van der Waals surface area contributed by atoms with Gasteiger partial charge in [-0.05, 0) is 56.2 Å². The molecule has 8 nitrogen and oxygen atoms in total. The summed E-state index contributed by atoms with van der Waals surface area (Å²) in [4.78, 5) is 37.2. The highest BCUT2D eigenvalue weighted by Gasteiger charge is 2.28. The van der Waals surface area contributed by atoms with Gasteiger partial charge in [-0.3, -0.25) is 14.9 Å². The minimum absolute atomic E-state index is 0.192. The van der Waals surface area contributed by atoms with Crippen molar-refractivity contribution in [3.8, 4) is 0 Å². The Morgan fingerprint density at radius 1 is 1.09 bits per heavy atom. The van der Waals surface area contributed by atoms with Crippen LogP contribution in [-0.2, 0) is 33.9 Å². The van der Waals surface area contributed by atoms with E-state index in [0.29, 0.717) is 30.8 Å². The number of carbonyl (C=O) groups excluding carboxylic acids is 3. The summed E-state index contributed by atoms with van der Waals surface area (Å²) in [5.74, 6) is -0.885. The van der Waals surface area contributed by atoms with E-state index in [9.17, 15) is 14.4 Å². The highest BCUT2D eigenvalue weighted by atomic mass is 16.6. The normalized spacial score (nSPS) is 15.5. The van der Waals surface area contributed by atoms with Crippen molar-refractivity contribution in [1.29, 1.82) is 0 Å². The first-order valence-corrected chi connectivity index (χ1v) is 11.2. The third-order valence-electron chi connectivity index (χ3n) is 5.69. The molecule has 8 heteroatoms. The number of hydrogen-bond donors (Lipinski definition) is 2. The maximum Gasteiger partial charge on any atom is 0.337 e. The third kappa shape index (κ3) is 4.97. The molecule has 0 saturated carbocycles. The summed E-state index contributed by atoms with van der Waals surface area (Å²) in [6, 6.07) is 12.1. The van der Waals surface area contributed by atoms with Crippen LogP contribution >= 0.6 is 0 Å². The summed E-state index contributed by atoms with van der Waals surface area (Å²) in [6.07, 6.45) is 1.90. The van der Waals surface area contributed by atoms with Crippen LogP contribution in [0.25, 0.3) is 10.9 Å². The smallest absolute Gasteiger partial charge is 0.337 e. The van der Waals surface area contributed by atoms with Crippen molar-refractivity contribution in [3.63, 3.8) is 0 Å². The zero-order valence-corrected chi connectivity index (χ0v) is 19.8. The van der Waals surface area contributed by atoms with E-state index >= 15 is 0 Å². The first kappa shape index (κ1) is 23.5. The molecule has 2 aromatic carbocycles. The van der Waals surface area contributed by atoms with E-state index in [1.807, 2.05) is 49.7 Å². The van der Waals surface area contributed by atoms with Crippen LogP contribution in [0.5, 0.6) is 0 Å². The highest BCUT2D eigenvalue weighted by Crippen LogP contribution is 2.27. The van der Waals surface area contributed by atoms with Crippen LogP contribution < -0.4 is 10.6 Å². The second-order valence-electron chi connectivity index (χ2n) is 9.34. The van der Waals surface area contributed by atoms with E-state index in [-0.39, 0.29) is 11.9 Å². The van der Waals surface area contributed by atoms with Gasteiger partial charge in [-0.15, -0.1) is 0 Å². The third-order valence-corrected chi connectivity index (χ3v) is 5.69. The molecule has 34 heavy (non-hydrogen) atoms. The lowest BCUT2D eigenvalue weighted by Crippen LogP contribution is -2.42. The summed E-state index contributed by atoms with van der Waals surface area (Å²) < 4.78 is 12.3. The van der Waals surface area contributed by atoms with Crippen molar-refractivity contribution in [1.82, 2.24) is 15.2 Å². The monoisotopic (exact) mass is 463 g/mol. The van der Waals surface area contributed by atoms with E-state index in [1.165, 1.54) is 7.11 Å². The number of nitrogens with one attached hydrogen (secondary N) is 2. The number of benzene rings is 2. The molecule has 1 aliphatic rings. The Labute approximate surface area is 198 Å². The van der Waals surface area contributed by atoms with Gasteiger partial charge in [-0.2, -0.15) is 0 Å². The molecule has 0 aliphatic carbocycles. The number of esters is 2. The van der Waals surface area contributed by atoms with Crippen molar-refractivity contribution in [2.75, 3.05) is 7.11 Å². The van der Waals surface area contributed by atoms with E-state index < -0.39 is 17.6 Å². The number of carbonyl (C=O) groups is 3. The summed E-state index contributed by atoms with van der Waals surface area (Å²) >= 11 is 0. The quantitative estimate of drug-likeness (QED) is 0.564. The van der Waals surface area contributed by atoms with Gasteiger partial charge in [0.1, 0.15) is 11.6 Å². The van der Waals surface area contributed by atoms with Gasteiger partial charge >= 0.3 is 11.9 Å². The van der Waals surface area contributed by atoms with Gasteiger partial charge in [-0.1, -0.05) is 18.2 Å². The number of amides is 1. The van der Waals surface area contributed by atoms with Gasteiger partial charge in [0.15, 0.2) is 0 Å². The van der Waals surface area contributed by atoms with Crippen LogP contribution in [-0.4, -0.2) is 41.2 Å². The number of hydrogen-bond acceptors (Lipinski definition) is 6. The Morgan fingerprint density at radius 3 is 2.50 bits per heavy atom. The lowest BCUT2D eigenvalue weighted by Gasteiger charge is -2.24. The minimum atomic E-state index is -0.561. The maximum atomic E-state index is 13.0. The Kier molecular flexibility index (Phi) is 6.43. The van der Waals surface area contributed by atoms with Crippen LogP contribution in [0.1, 0.15) is 52.6 Å². The van der Waals surface area contributed by atoms with E-state index in [0.717, 1.165) is 22.0 Å². The van der Waals surface area contributed by atoms with Crippen LogP contribution in [0.2, 0.25) is 0 Å². The molecule has 0 saturated heterocycles. The molecule has 0 radical (unpaired) electrons. The Balaban J connectivity index is 1.50. The number of nitrogens with zero attached hydrogens (tertiary/aromatic N) is 1. The lowest BCUT2D eigenvalue weighted by molar-refractivity contribution is -0.157. The predicted molar refractivity (Wildman–Crippen MR) is 127 cm³/mol. The van der Waals surface area contributed by atoms with Crippen molar-refractivity contribution >= 4 is 28.7 Å². The molecule has 178 valence electrons. The van der Waals surface area contributed by atoms with Gasteiger partial charge < -0.3 is 19.4 Å².